The molecule has 0 unspecified atom stereocenters. The van der Waals surface area contributed by atoms with Crippen LogP contribution in [-0.4, -0.2) is 28.6 Å². The summed E-state index contributed by atoms with van der Waals surface area (Å²) in [7, 11) is 1.80. The number of aromatic nitrogens is 2. The monoisotopic (exact) mass is 231 g/mol. The van der Waals surface area contributed by atoms with E-state index in [-0.39, 0.29) is 5.60 Å². The van der Waals surface area contributed by atoms with Crippen molar-refractivity contribution >= 4 is 11.5 Å². The van der Waals surface area contributed by atoms with Crippen molar-refractivity contribution in [3.05, 3.63) is 30.6 Å². The van der Waals surface area contributed by atoms with Crippen molar-refractivity contribution in [2.24, 2.45) is 0 Å². The van der Waals surface area contributed by atoms with E-state index in [0.717, 1.165) is 30.9 Å². The highest BCUT2D eigenvalue weighted by molar-refractivity contribution is 5.50. The maximum absolute atomic E-state index is 5.60. The molecule has 1 aliphatic carbocycles. The van der Waals surface area contributed by atoms with Crippen molar-refractivity contribution in [3.8, 4) is 0 Å². The molecule has 1 fully saturated rings. The van der Waals surface area contributed by atoms with Crippen LogP contribution in [0.3, 0.4) is 0 Å². The molecule has 0 radical (unpaired) electrons. The summed E-state index contributed by atoms with van der Waals surface area (Å²) in [5, 5.41) is 3.47. The summed E-state index contributed by atoms with van der Waals surface area (Å²) in [5.41, 5.74) is 1.01. The number of fused-ring (bicyclic) bond motifs is 1. The molecule has 2 heterocycles. The van der Waals surface area contributed by atoms with Gasteiger partial charge in [0.1, 0.15) is 11.5 Å². The molecule has 0 atom stereocenters. The Balaban J connectivity index is 1.78. The van der Waals surface area contributed by atoms with E-state index in [9.17, 15) is 0 Å². The summed E-state index contributed by atoms with van der Waals surface area (Å²) in [6, 6.07) is 6.09. The molecule has 0 spiro atoms. The first-order chi connectivity index (χ1) is 8.33. The number of imidazole rings is 1. The van der Waals surface area contributed by atoms with Crippen LogP contribution in [0.15, 0.2) is 30.6 Å². The van der Waals surface area contributed by atoms with Crippen LogP contribution in [0.1, 0.15) is 19.3 Å². The molecule has 90 valence electrons. The zero-order valence-corrected chi connectivity index (χ0v) is 10.0. The van der Waals surface area contributed by atoms with Gasteiger partial charge in [-0.15, -0.1) is 0 Å². The van der Waals surface area contributed by atoms with Gasteiger partial charge in [-0.25, -0.2) is 4.98 Å². The molecule has 4 nitrogen and oxygen atoms in total. The van der Waals surface area contributed by atoms with E-state index in [1.54, 1.807) is 7.11 Å². The van der Waals surface area contributed by atoms with Gasteiger partial charge in [-0.2, -0.15) is 0 Å². The summed E-state index contributed by atoms with van der Waals surface area (Å²) >= 11 is 0. The van der Waals surface area contributed by atoms with Gasteiger partial charge >= 0.3 is 0 Å². The molecule has 1 aliphatic rings. The Bertz CT molecular complexity index is 511. The molecular formula is C13H17N3O. The molecule has 0 aliphatic heterocycles. The first-order valence-corrected chi connectivity index (χ1v) is 6.04. The summed E-state index contributed by atoms with van der Waals surface area (Å²) in [6.07, 6.45) is 7.35. The molecule has 4 heteroatoms. The highest BCUT2D eigenvalue weighted by Crippen LogP contribution is 2.35. The number of nitrogens with zero attached hydrogens (tertiary/aromatic N) is 2. The van der Waals surface area contributed by atoms with Gasteiger partial charge in [0.25, 0.3) is 0 Å². The average molecular weight is 231 g/mol. The average Bonchev–Trinajstić information content (AvgIpc) is 2.77. The van der Waals surface area contributed by atoms with Crippen molar-refractivity contribution in [1.29, 1.82) is 0 Å². The number of methoxy groups -OCH3 is 1. The minimum Gasteiger partial charge on any atom is -0.376 e. The second-order valence-electron chi connectivity index (χ2n) is 4.66. The van der Waals surface area contributed by atoms with Crippen molar-refractivity contribution < 1.29 is 4.74 Å². The lowest BCUT2D eigenvalue weighted by Gasteiger charge is -2.40. The van der Waals surface area contributed by atoms with E-state index in [1.165, 1.54) is 6.42 Å². The molecule has 2 aromatic rings. The Morgan fingerprint density at radius 2 is 2.35 bits per heavy atom. The van der Waals surface area contributed by atoms with Crippen LogP contribution in [0.25, 0.3) is 5.65 Å². The standard InChI is InChI=1S/C13H17N3O/c1-17-13(6-3-7-13)10-15-12-5-2-4-11-14-8-9-16(11)12/h2,4-5,8-9,15H,3,6-7,10H2,1H3. The van der Waals surface area contributed by atoms with Crippen LogP contribution >= 0.6 is 0 Å². The number of hydrogen-bond acceptors (Lipinski definition) is 3. The highest BCUT2D eigenvalue weighted by Gasteiger charge is 2.36. The van der Waals surface area contributed by atoms with E-state index in [1.807, 2.05) is 24.5 Å². The Hall–Kier alpha value is -1.55. The molecule has 1 N–H and O–H groups in total. The van der Waals surface area contributed by atoms with Gasteiger partial charge in [0.2, 0.25) is 0 Å². The smallest absolute Gasteiger partial charge is 0.138 e. The van der Waals surface area contributed by atoms with Crippen LogP contribution in [0.4, 0.5) is 5.82 Å². The zero-order chi connectivity index (χ0) is 11.7. The van der Waals surface area contributed by atoms with Crippen molar-refractivity contribution in [1.82, 2.24) is 9.38 Å². The number of ether oxygens (including phenoxy) is 1. The van der Waals surface area contributed by atoms with E-state index in [4.69, 9.17) is 4.74 Å². The lowest BCUT2D eigenvalue weighted by atomic mass is 9.80. The Labute approximate surface area is 101 Å². The normalized spacial score (nSPS) is 17.9. The fourth-order valence-corrected chi connectivity index (χ4v) is 2.37. The fraction of sp³-hybridized carbons (Fsp3) is 0.462. The van der Waals surface area contributed by atoms with E-state index >= 15 is 0 Å². The van der Waals surface area contributed by atoms with Gasteiger partial charge in [-0.3, -0.25) is 4.40 Å². The molecular weight excluding hydrogens is 214 g/mol. The largest absolute Gasteiger partial charge is 0.376 e. The molecule has 0 saturated heterocycles. The minimum absolute atomic E-state index is 0.0444. The second kappa shape index (κ2) is 4.04. The van der Waals surface area contributed by atoms with E-state index in [0.29, 0.717) is 0 Å². The maximum Gasteiger partial charge on any atom is 0.138 e. The Morgan fingerprint density at radius 1 is 1.47 bits per heavy atom. The fourth-order valence-electron chi connectivity index (χ4n) is 2.37. The second-order valence-corrected chi connectivity index (χ2v) is 4.66. The molecule has 0 aromatic carbocycles. The van der Waals surface area contributed by atoms with Gasteiger partial charge < -0.3 is 10.1 Å². The topological polar surface area (TPSA) is 38.6 Å². The first-order valence-electron chi connectivity index (χ1n) is 6.04. The van der Waals surface area contributed by atoms with Gasteiger partial charge in [-0.1, -0.05) is 6.07 Å². The Kier molecular flexibility index (Phi) is 2.52. The molecule has 0 bridgehead atoms. The quantitative estimate of drug-likeness (QED) is 0.877. The molecule has 0 amide bonds. The molecule has 1 saturated carbocycles. The van der Waals surface area contributed by atoms with Crippen LogP contribution in [0.5, 0.6) is 0 Å². The van der Waals surface area contributed by atoms with Gasteiger partial charge in [-0.05, 0) is 31.4 Å². The third-order valence-corrected chi connectivity index (χ3v) is 3.72. The number of nitrogens with one attached hydrogen (secondary N) is 1. The third kappa shape index (κ3) is 1.78. The predicted octanol–water partition coefficient (Wildman–Crippen LogP) is 2.32. The summed E-state index contributed by atoms with van der Waals surface area (Å²) < 4.78 is 7.66. The van der Waals surface area contributed by atoms with Crippen LogP contribution in [-0.2, 0) is 4.74 Å². The van der Waals surface area contributed by atoms with Crippen molar-refractivity contribution in [2.45, 2.75) is 24.9 Å². The molecule has 3 rings (SSSR count). The SMILES string of the molecule is COC1(CNc2cccc3nccn23)CCC1. The molecule has 17 heavy (non-hydrogen) atoms. The number of anilines is 1. The number of pyridine rings is 1. The van der Waals surface area contributed by atoms with Gasteiger partial charge in [0.15, 0.2) is 0 Å². The number of hydrogen-bond donors (Lipinski definition) is 1. The Morgan fingerprint density at radius 3 is 3.06 bits per heavy atom. The lowest BCUT2D eigenvalue weighted by molar-refractivity contribution is -0.0601. The van der Waals surface area contributed by atoms with E-state index in [2.05, 4.69) is 20.8 Å². The predicted molar refractivity (Wildman–Crippen MR) is 67.3 cm³/mol. The van der Waals surface area contributed by atoms with Crippen molar-refractivity contribution in [2.75, 3.05) is 19.0 Å². The van der Waals surface area contributed by atoms with E-state index < -0.39 is 0 Å². The highest BCUT2D eigenvalue weighted by atomic mass is 16.5. The summed E-state index contributed by atoms with van der Waals surface area (Å²) in [4.78, 5) is 4.27. The van der Waals surface area contributed by atoms with Gasteiger partial charge in [0.05, 0.1) is 5.60 Å². The zero-order valence-electron chi connectivity index (χ0n) is 10.0. The third-order valence-electron chi connectivity index (χ3n) is 3.72. The molecule has 2 aromatic heterocycles. The first kappa shape index (κ1) is 10.6. The maximum atomic E-state index is 5.60. The number of rotatable bonds is 4. The summed E-state index contributed by atoms with van der Waals surface area (Å²) in [5.74, 6) is 1.07. The van der Waals surface area contributed by atoms with Crippen LogP contribution in [0.2, 0.25) is 0 Å². The van der Waals surface area contributed by atoms with Crippen molar-refractivity contribution in [3.63, 3.8) is 0 Å². The van der Waals surface area contributed by atoms with Gasteiger partial charge in [0, 0.05) is 26.0 Å². The van der Waals surface area contributed by atoms with Crippen LogP contribution < -0.4 is 5.32 Å². The van der Waals surface area contributed by atoms with Crippen LogP contribution in [0, 0.1) is 0 Å². The summed E-state index contributed by atoms with van der Waals surface area (Å²) in [6.45, 7) is 0.862. The lowest BCUT2D eigenvalue weighted by Crippen LogP contribution is -2.45. The minimum atomic E-state index is 0.0444.